The van der Waals surface area contributed by atoms with Gasteiger partial charge in [0.25, 0.3) is 0 Å². The van der Waals surface area contributed by atoms with Crippen molar-refractivity contribution in [3.63, 3.8) is 0 Å². The van der Waals surface area contributed by atoms with E-state index in [9.17, 15) is 0 Å². The highest BCUT2D eigenvalue weighted by Crippen LogP contribution is 2.20. The zero-order valence-corrected chi connectivity index (χ0v) is 10.1. The van der Waals surface area contributed by atoms with Gasteiger partial charge < -0.3 is 5.21 Å². The Hall–Kier alpha value is -1.80. The van der Waals surface area contributed by atoms with Gasteiger partial charge in [-0.05, 0) is 13.0 Å². The van der Waals surface area contributed by atoms with Gasteiger partial charge in [0.1, 0.15) is 5.71 Å². The molecule has 0 aliphatic heterocycles. The van der Waals surface area contributed by atoms with E-state index in [2.05, 4.69) is 5.16 Å². The molecule has 2 rings (SSSR count). The van der Waals surface area contributed by atoms with Crippen molar-refractivity contribution < 1.29 is 5.21 Å². The van der Waals surface area contributed by atoms with Crippen LogP contribution in [0.1, 0.15) is 16.7 Å². The zero-order chi connectivity index (χ0) is 12.3. The minimum Gasteiger partial charge on any atom is -0.410 e. The van der Waals surface area contributed by atoms with Gasteiger partial charge in [-0.15, -0.1) is 0 Å². The largest absolute Gasteiger partial charge is 0.410 e. The van der Waals surface area contributed by atoms with Crippen LogP contribution < -0.4 is 0 Å². The summed E-state index contributed by atoms with van der Waals surface area (Å²) >= 11 is 6.09. The first-order valence-electron chi connectivity index (χ1n) is 5.26. The van der Waals surface area contributed by atoms with Crippen LogP contribution in [0.4, 0.5) is 0 Å². The van der Waals surface area contributed by atoms with Gasteiger partial charge in [-0.2, -0.15) is 0 Å². The highest BCUT2D eigenvalue weighted by molar-refractivity contribution is 6.35. The van der Waals surface area contributed by atoms with Gasteiger partial charge in [0.05, 0.1) is 5.02 Å². The van der Waals surface area contributed by atoms with Crippen molar-refractivity contribution in [3.05, 3.63) is 70.2 Å². The lowest BCUT2D eigenvalue weighted by molar-refractivity contribution is 0.319. The van der Waals surface area contributed by atoms with Crippen LogP contribution in [-0.4, -0.2) is 10.9 Å². The third kappa shape index (κ3) is 2.48. The summed E-state index contributed by atoms with van der Waals surface area (Å²) in [6.07, 6.45) is 0. The van der Waals surface area contributed by atoms with Crippen LogP contribution in [0.25, 0.3) is 0 Å². The van der Waals surface area contributed by atoms with Crippen LogP contribution in [0.5, 0.6) is 0 Å². The lowest BCUT2D eigenvalue weighted by atomic mass is 10.0. The predicted octanol–water partition coefficient (Wildman–Crippen LogP) is 3.88. The third-order valence-electron chi connectivity index (χ3n) is 2.55. The van der Waals surface area contributed by atoms with Gasteiger partial charge >= 0.3 is 0 Å². The summed E-state index contributed by atoms with van der Waals surface area (Å²) in [4.78, 5) is 0. The lowest BCUT2D eigenvalue weighted by Crippen LogP contribution is -2.04. The summed E-state index contributed by atoms with van der Waals surface area (Å²) in [6, 6.07) is 15.1. The predicted molar refractivity (Wildman–Crippen MR) is 70.1 cm³/mol. The van der Waals surface area contributed by atoms with Crippen molar-refractivity contribution >= 4 is 17.3 Å². The highest BCUT2D eigenvalue weighted by Gasteiger charge is 2.10. The molecule has 0 saturated carbocycles. The molecule has 2 aromatic carbocycles. The number of aryl methyl sites for hydroxylation is 1. The number of nitrogens with zero attached hydrogens (tertiary/aromatic N) is 1. The van der Waals surface area contributed by atoms with E-state index >= 15 is 0 Å². The molecule has 0 fully saturated rings. The first-order valence-corrected chi connectivity index (χ1v) is 5.64. The van der Waals surface area contributed by atoms with Crippen LogP contribution in [-0.2, 0) is 0 Å². The van der Waals surface area contributed by atoms with Crippen molar-refractivity contribution in [2.75, 3.05) is 0 Å². The molecular formula is C14H12ClNO. The summed E-state index contributed by atoms with van der Waals surface area (Å²) in [5, 5.41) is 13.1. The van der Waals surface area contributed by atoms with Crippen LogP contribution in [0, 0.1) is 6.92 Å². The van der Waals surface area contributed by atoms with Crippen molar-refractivity contribution in [3.8, 4) is 0 Å². The van der Waals surface area contributed by atoms with Gasteiger partial charge in [-0.1, -0.05) is 64.8 Å². The SMILES string of the molecule is Cc1ccc(C(=NO)c2ccccc2Cl)cc1. The quantitative estimate of drug-likeness (QED) is 0.486. The number of hydrogen-bond donors (Lipinski definition) is 1. The summed E-state index contributed by atoms with van der Waals surface area (Å²) in [6.45, 7) is 2.01. The average Bonchev–Trinajstić information content (AvgIpc) is 2.35. The van der Waals surface area contributed by atoms with Gasteiger partial charge in [0.15, 0.2) is 0 Å². The van der Waals surface area contributed by atoms with E-state index in [1.807, 2.05) is 49.4 Å². The van der Waals surface area contributed by atoms with Crippen molar-refractivity contribution in [2.24, 2.45) is 5.16 Å². The molecule has 86 valence electrons. The maximum absolute atomic E-state index is 9.16. The minimum atomic E-state index is 0.482. The van der Waals surface area contributed by atoms with Gasteiger partial charge in [-0.3, -0.25) is 0 Å². The number of benzene rings is 2. The highest BCUT2D eigenvalue weighted by atomic mass is 35.5. The van der Waals surface area contributed by atoms with E-state index in [-0.39, 0.29) is 0 Å². The fourth-order valence-corrected chi connectivity index (χ4v) is 1.86. The second kappa shape index (κ2) is 5.02. The van der Waals surface area contributed by atoms with Gasteiger partial charge in [0.2, 0.25) is 0 Å². The molecule has 0 atom stereocenters. The second-order valence-corrected chi connectivity index (χ2v) is 4.20. The Bertz CT molecular complexity index is 546. The molecule has 0 radical (unpaired) electrons. The monoisotopic (exact) mass is 245 g/mol. The average molecular weight is 246 g/mol. The molecule has 0 bridgehead atoms. The Morgan fingerprint density at radius 1 is 1.06 bits per heavy atom. The summed E-state index contributed by atoms with van der Waals surface area (Å²) in [5.74, 6) is 0. The first-order chi connectivity index (χ1) is 8.22. The normalized spacial score (nSPS) is 11.5. The molecular weight excluding hydrogens is 234 g/mol. The topological polar surface area (TPSA) is 32.6 Å². The van der Waals surface area contributed by atoms with Crippen LogP contribution in [0.15, 0.2) is 53.7 Å². The second-order valence-electron chi connectivity index (χ2n) is 3.79. The Morgan fingerprint density at radius 3 is 2.29 bits per heavy atom. The number of hydrogen-bond acceptors (Lipinski definition) is 2. The molecule has 0 heterocycles. The molecule has 0 aliphatic rings. The Kier molecular flexibility index (Phi) is 3.45. The summed E-state index contributed by atoms with van der Waals surface area (Å²) in [5.41, 5.74) is 3.20. The van der Waals surface area contributed by atoms with Gasteiger partial charge in [0, 0.05) is 11.1 Å². The van der Waals surface area contributed by atoms with E-state index in [1.54, 1.807) is 6.07 Å². The van der Waals surface area contributed by atoms with Crippen molar-refractivity contribution in [2.45, 2.75) is 6.92 Å². The fraction of sp³-hybridized carbons (Fsp3) is 0.0714. The number of oxime groups is 1. The molecule has 0 aromatic heterocycles. The molecule has 1 N–H and O–H groups in total. The van der Waals surface area contributed by atoms with Crippen LogP contribution in [0.2, 0.25) is 5.02 Å². The maximum Gasteiger partial charge on any atom is 0.118 e. The maximum atomic E-state index is 9.16. The third-order valence-corrected chi connectivity index (χ3v) is 2.88. The Balaban J connectivity index is 2.49. The smallest absolute Gasteiger partial charge is 0.118 e. The molecule has 2 nitrogen and oxygen atoms in total. The van der Waals surface area contributed by atoms with E-state index in [4.69, 9.17) is 16.8 Å². The first kappa shape index (κ1) is 11.7. The molecule has 17 heavy (non-hydrogen) atoms. The van der Waals surface area contributed by atoms with E-state index in [0.29, 0.717) is 10.7 Å². The molecule has 0 spiro atoms. The van der Waals surface area contributed by atoms with E-state index in [1.165, 1.54) is 0 Å². The van der Waals surface area contributed by atoms with E-state index in [0.717, 1.165) is 16.7 Å². The molecule has 3 heteroatoms. The molecule has 2 aromatic rings. The number of rotatable bonds is 2. The fourth-order valence-electron chi connectivity index (χ4n) is 1.63. The lowest BCUT2D eigenvalue weighted by Gasteiger charge is -2.07. The van der Waals surface area contributed by atoms with Crippen molar-refractivity contribution in [1.82, 2.24) is 0 Å². The molecule has 0 aliphatic carbocycles. The zero-order valence-electron chi connectivity index (χ0n) is 9.39. The number of halogens is 1. The van der Waals surface area contributed by atoms with Gasteiger partial charge in [-0.25, -0.2) is 0 Å². The standard InChI is InChI=1S/C14H12ClNO/c1-10-6-8-11(9-7-10)14(16-17)12-4-2-3-5-13(12)15/h2-9,17H,1H3. The summed E-state index contributed by atoms with van der Waals surface area (Å²) < 4.78 is 0. The Labute approximate surface area is 105 Å². The summed E-state index contributed by atoms with van der Waals surface area (Å²) in [7, 11) is 0. The molecule has 0 amide bonds. The minimum absolute atomic E-state index is 0.482. The molecule has 0 unspecified atom stereocenters. The van der Waals surface area contributed by atoms with Crippen LogP contribution >= 0.6 is 11.6 Å². The van der Waals surface area contributed by atoms with Crippen molar-refractivity contribution in [1.29, 1.82) is 0 Å². The van der Waals surface area contributed by atoms with Crippen LogP contribution in [0.3, 0.4) is 0 Å². The van der Waals surface area contributed by atoms with E-state index < -0.39 is 0 Å². The Morgan fingerprint density at radius 2 is 1.71 bits per heavy atom. The molecule has 0 saturated heterocycles.